The molecule has 120 valence electrons. The molecule has 0 fully saturated rings. The van der Waals surface area contributed by atoms with Gasteiger partial charge in [-0.3, -0.25) is 0 Å². The van der Waals surface area contributed by atoms with E-state index in [-0.39, 0.29) is 0 Å². The van der Waals surface area contributed by atoms with Crippen LogP contribution in [0.3, 0.4) is 0 Å². The van der Waals surface area contributed by atoms with Crippen molar-refractivity contribution in [3.05, 3.63) is 54.1 Å². The van der Waals surface area contributed by atoms with Gasteiger partial charge in [0.25, 0.3) is 0 Å². The van der Waals surface area contributed by atoms with Gasteiger partial charge >= 0.3 is 0 Å². The Labute approximate surface area is 144 Å². The summed E-state index contributed by atoms with van der Waals surface area (Å²) in [6, 6.07) is 16.5. The molecule has 2 aromatic heterocycles. The number of aromatic nitrogens is 4. The summed E-state index contributed by atoms with van der Waals surface area (Å²) in [5.74, 6) is 0.770. The number of rotatable bonds is 3. The molecule has 0 atom stereocenters. The van der Waals surface area contributed by atoms with Gasteiger partial charge in [-0.15, -0.1) is 10.2 Å². The van der Waals surface area contributed by atoms with Crippen molar-refractivity contribution in [1.29, 1.82) is 0 Å². The SMILES string of the molecule is Cc1ccccc1-c1nn2c(-c3ccc(N(C)C)cc3)nnc2s1. The fraction of sp³-hybridized carbons (Fsp3) is 0.167. The summed E-state index contributed by atoms with van der Waals surface area (Å²) < 4.78 is 1.83. The van der Waals surface area contributed by atoms with E-state index in [4.69, 9.17) is 5.10 Å². The van der Waals surface area contributed by atoms with E-state index in [0.29, 0.717) is 0 Å². The van der Waals surface area contributed by atoms with Crippen LogP contribution in [0.25, 0.3) is 26.9 Å². The van der Waals surface area contributed by atoms with E-state index in [2.05, 4.69) is 58.4 Å². The minimum absolute atomic E-state index is 0.770. The van der Waals surface area contributed by atoms with Crippen LogP contribution in [-0.2, 0) is 0 Å². The molecule has 5 nitrogen and oxygen atoms in total. The number of benzene rings is 2. The predicted octanol–water partition coefficient (Wildman–Crippen LogP) is 3.89. The third-order valence-electron chi connectivity index (χ3n) is 4.01. The first kappa shape index (κ1) is 14.8. The summed E-state index contributed by atoms with van der Waals surface area (Å²) in [6.07, 6.45) is 0. The van der Waals surface area contributed by atoms with Crippen LogP contribution in [0.4, 0.5) is 5.69 Å². The first-order valence-electron chi connectivity index (χ1n) is 7.69. The summed E-state index contributed by atoms with van der Waals surface area (Å²) in [4.78, 5) is 2.88. The normalized spacial score (nSPS) is 11.1. The van der Waals surface area contributed by atoms with Crippen LogP contribution in [0.15, 0.2) is 48.5 Å². The number of nitrogens with zero attached hydrogens (tertiary/aromatic N) is 5. The molecule has 0 N–H and O–H groups in total. The van der Waals surface area contributed by atoms with Crippen molar-refractivity contribution in [3.63, 3.8) is 0 Å². The lowest BCUT2D eigenvalue weighted by atomic mass is 10.1. The zero-order valence-electron chi connectivity index (χ0n) is 13.8. The number of hydrogen-bond acceptors (Lipinski definition) is 5. The van der Waals surface area contributed by atoms with Crippen molar-refractivity contribution in [1.82, 2.24) is 19.8 Å². The Hall–Kier alpha value is -2.73. The molecule has 4 aromatic rings. The molecular weight excluding hydrogens is 318 g/mol. The standard InChI is InChI=1S/C18H17N5S/c1-12-6-4-5-7-15(12)17-21-23-16(19-20-18(23)24-17)13-8-10-14(11-9-13)22(2)3/h4-11H,1-3H3. The Morgan fingerprint density at radius 3 is 2.42 bits per heavy atom. The Morgan fingerprint density at radius 1 is 0.958 bits per heavy atom. The van der Waals surface area contributed by atoms with Crippen molar-refractivity contribution in [3.8, 4) is 22.0 Å². The van der Waals surface area contributed by atoms with Gasteiger partial charge in [-0.05, 0) is 36.8 Å². The number of hydrogen-bond donors (Lipinski definition) is 0. The highest BCUT2D eigenvalue weighted by molar-refractivity contribution is 7.19. The molecule has 0 saturated heterocycles. The summed E-state index contributed by atoms with van der Waals surface area (Å²) >= 11 is 1.56. The zero-order chi connectivity index (χ0) is 16.7. The molecule has 6 heteroatoms. The van der Waals surface area contributed by atoms with E-state index in [1.807, 2.05) is 30.7 Å². The quantitative estimate of drug-likeness (QED) is 0.570. The van der Waals surface area contributed by atoms with Crippen LogP contribution in [0, 0.1) is 6.92 Å². The lowest BCUT2D eigenvalue weighted by Crippen LogP contribution is -2.08. The second-order valence-electron chi connectivity index (χ2n) is 5.88. The monoisotopic (exact) mass is 335 g/mol. The zero-order valence-corrected chi connectivity index (χ0v) is 14.6. The minimum Gasteiger partial charge on any atom is -0.378 e. The van der Waals surface area contributed by atoms with Crippen molar-refractivity contribution < 1.29 is 0 Å². The summed E-state index contributed by atoms with van der Waals surface area (Å²) in [7, 11) is 4.05. The van der Waals surface area contributed by atoms with Gasteiger partial charge in [0.1, 0.15) is 5.01 Å². The molecule has 0 unspecified atom stereocenters. The number of fused-ring (bicyclic) bond motifs is 1. The topological polar surface area (TPSA) is 46.3 Å². The molecule has 0 radical (unpaired) electrons. The molecule has 0 bridgehead atoms. The maximum absolute atomic E-state index is 4.74. The smallest absolute Gasteiger partial charge is 0.235 e. The van der Waals surface area contributed by atoms with E-state index >= 15 is 0 Å². The van der Waals surface area contributed by atoms with E-state index in [0.717, 1.165) is 32.6 Å². The van der Waals surface area contributed by atoms with E-state index in [1.54, 1.807) is 11.3 Å². The van der Waals surface area contributed by atoms with Gasteiger partial charge in [-0.2, -0.15) is 9.61 Å². The molecule has 0 aliphatic carbocycles. The molecule has 0 aliphatic rings. The van der Waals surface area contributed by atoms with Gasteiger partial charge in [-0.25, -0.2) is 0 Å². The second kappa shape index (κ2) is 5.72. The highest BCUT2D eigenvalue weighted by atomic mass is 32.1. The lowest BCUT2D eigenvalue weighted by Gasteiger charge is -2.12. The molecule has 0 saturated carbocycles. The molecular formula is C18H17N5S. The van der Waals surface area contributed by atoms with E-state index < -0.39 is 0 Å². The Kier molecular flexibility index (Phi) is 3.54. The largest absolute Gasteiger partial charge is 0.378 e. The van der Waals surface area contributed by atoms with E-state index in [9.17, 15) is 0 Å². The predicted molar refractivity (Wildman–Crippen MR) is 98.6 cm³/mol. The lowest BCUT2D eigenvalue weighted by molar-refractivity contribution is 0.969. The van der Waals surface area contributed by atoms with Crippen LogP contribution in [0.2, 0.25) is 0 Å². The highest BCUT2D eigenvalue weighted by Gasteiger charge is 2.15. The fourth-order valence-corrected chi connectivity index (χ4v) is 3.56. The molecule has 0 amide bonds. The summed E-state index contributed by atoms with van der Waals surface area (Å²) in [5, 5.41) is 14.3. The third kappa shape index (κ3) is 2.45. The summed E-state index contributed by atoms with van der Waals surface area (Å²) in [6.45, 7) is 2.10. The third-order valence-corrected chi connectivity index (χ3v) is 4.94. The average Bonchev–Trinajstić information content (AvgIpc) is 3.16. The van der Waals surface area contributed by atoms with E-state index in [1.165, 1.54) is 5.56 Å². The Morgan fingerprint density at radius 2 is 1.71 bits per heavy atom. The Bertz CT molecular complexity index is 998. The van der Waals surface area contributed by atoms with Crippen molar-refractivity contribution in [2.45, 2.75) is 6.92 Å². The van der Waals surface area contributed by atoms with Crippen molar-refractivity contribution in [2.24, 2.45) is 0 Å². The van der Waals surface area contributed by atoms with Crippen molar-refractivity contribution in [2.75, 3.05) is 19.0 Å². The molecule has 4 rings (SSSR count). The Balaban J connectivity index is 1.79. The van der Waals surface area contributed by atoms with Crippen LogP contribution < -0.4 is 4.90 Å². The molecule has 2 aromatic carbocycles. The maximum Gasteiger partial charge on any atom is 0.235 e. The van der Waals surface area contributed by atoms with Gasteiger partial charge < -0.3 is 4.90 Å². The average molecular weight is 335 g/mol. The fourth-order valence-electron chi connectivity index (χ4n) is 2.63. The summed E-state index contributed by atoms with van der Waals surface area (Å²) in [5.41, 5.74) is 4.51. The first-order chi connectivity index (χ1) is 11.6. The van der Waals surface area contributed by atoms with Crippen LogP contribution >= 0.6 is 11.3 Å². The van der Waals surface area contributed by atoms with Crippen LogP contribution in [-0.4, -0.2) is 33.9 Å². The van der Waals surface area contributed by atoms with Crippen LogP contribution in [0.1, 0.15) is 5.56 Å². The number of anilines is 1. The van der Waals surface area contributed by atoms with Gasteiger partial charge in [0.15, 0.2) is 5.82 Å². The molecule has 0 aliphatic heterocycles. The second-order valence-corrected chi connectivity index (χ2v) is 6.84. The van der Waals surface area contributed by atoms with Gasteiger partial charge in [-0.1, -0.05) is 35.6 Å². The van der Waals surface area contributed by atoms with Crippen LogP contribution in [0.5, 0.6) is 0 Å². The maximum atomic E-state index is 4.74. The molecule has 0 spiro atoms. The van der Waals surface area contributed by atoms with Gasteiger partial charge in [0, 0.05) is 30.9 Å². The minimum atomic E-state index is 0.770. The molecule has 24 heavy (non-hydrogen) atoms. The molecule has 2 heterocycles. The number of aryl methyl sites for hydroxylation is 1. The first-order valence-corrected chi connectivity index (χ1v) is 8.51. The van der Waals surface area contributed by atoms with Gasteiger partial charge in [0.2, 0.25) is 4.96 Å². The highest BCUT2D eigenvalue weighted by Crippen LogP contribution is 2.30. The van der Waals surface area contributed by atoms with Gasteiger partial charge in [0.05, 0.1) is 0 Å². The van der Waals surface area contributed by atoms with Crippen molar-refractivity contribution >= 4 is 22.0 Å².